The molecule has 0 radical (unpaired) electrons. The molecule has 37 heavy (non-hydrogen) atoms. The van der Waals surface area contributed by atoms with Gasteiger partial charge in [0, 0.05) is 6.20 Å². The van der Waals surface area contributed by atoms with E-state index in [9.17, 15) is 23.5 Å². The normalized spacial score (nSPS) is 13.1. The third-order valence-corrected chi connectivity index (χ3v) is 6.54. The molecule has 3 N–H and O–H groups in total. The lowest BCUT2D eigenvalue weighted by Crippen LogP contribution is -2.50. The number of aromatic nitrogens is 1. The number of carbonyl (C=O) groups is 2. The van der Waals surface area contributed by atoms with Gasteiger partial charge in [0.1, 0.15) is 18.8 Å². The molecule has 1 heterocycles. The Morgan fingerprint density at radius 2 is 1.84 bits per heavy atom. The average Bonchev–Trinajstić information content (AvgIpc) is 3.32. The van der Waals surface area contributed by atoms with Crippen LogP contribution >= 0.6 is 11.3 Å². The van der Waals surface area contributed by atoms with Crippen LogP contribution in [0.4, 0.5) is 13.9 Å². The summed E-state index contributed by atoms with van der Waals surface area (Å²) in [5.41, 5.74) is 0.822. The number of amides is 2. The van der Waals surface area contributed by atoms with E-state index in [0.717, 1.165) is 22.1 Å². The van der Waals surface area contributed by atoms with Crippen LogP contribution in [0.1, 0.15) is 46.1 Å². The lowest BCUT2D eigenvalue weighted by molar-refractivity contribution is -0.137. The Morgan fingerprint density at radius 1 is 1.11 bits per heavy atom. The first-order valence-corrected chi connectivity index (χ1v) is 12.7. The molecule has 3 aromatic rings. The first-order valence-electron chi connectivity index (χ1n) is 11.9. The van der Waals surface area contributed by atoms with Crippen molar-refractivity contribution in [1.29, 1.82) is 0 Å². The van der Waals surface area contributed by atoms with Gasteiger partial charge in [-0.3, -0.25) is 9.59 Å². The van der Waals surface area contributed by atoms with Crippen molar-refractivity contribution in [3.05, 3.63) is 65.9 Å². The monoisotopic (exact) mass is 531 g/mol. The summed E-state index contributed by atoms with van der Waals surface area (Å²) in [6.45, 7) is 7.10. The van der Waals surface area contributed by atoms with E-state index in [-0.39, 0.29) is 12.4 Å². The largest absolute Gasteiger partial charge is 0.486 e. The van der Waals surface area contributed by atoms with Crippen LogP contribution in [0.3, 0.4) is 0 Å². The van der Waals surface area contributed by atoms with E-state index >= 15 is 0 Å². The van der Waals surface area contributed by atoms with E-state index in [0.29, 0.717) is 18.0 Å². The number of halogens is 2. The summed E-state index contributed by atoms with van der Waals surface area (Å²) in [5, 5.41) is 15.9. The highest BCUT2D eigenvalue weighted by Gasteiger charge is 2.32. The van der Waals surface area contributed by atoms with E-state index in [1.807, 2.05) is 19.1 Å². The molecule has 7 nitrogen and oxygen atoms in total. The van der Waals surface area contributed by atoms with Gasteiger partial charge >= 0.3 is 0 Å². The molecule has 0 fully saturated rings. The SMILES string of the molecule is CCCC(NC(=O)[C@@H](O)C(C)(C)C)C(=O)Nc1ncc(-c2ccccc2COc2cccc(F)c2F)s1. The fraction of sp³-hybridized carbons (Fsp3) is 0.370. The molecule has 2 atom stereocenters. The van der Waals surface area contributed by atoms with Gasteiger partial charge in [0.2, 0.25) is 17.6 Å². The van der Waals surface area contributed by atoms with Crippen molar-refractivity contribution in [3.63, 3.8) is 0 Å². The summed E-state index contributed by atoms with van der Waals surface area (Å²) in [5.74, 6) is -3.27. The molecule has 2 aromatic carbocycles. The minimum Gasteiger partial charge on any atom is -0.486 e. The van der Waals surface area contributed by atoms with E-state index < -0.39 is 41.0 Å². The third kappa shape index (κ3) is 7.33. The van der Waals surface area contributed by atoms with E-state index in [1.165, 1.54) is 23.5 Å². The number of ether oxygens (including phenoxy) is 1. The van der Waals surface area contributed by atoms with Gasteiger partial charge in [-0.05, 0) is 35.1 Å². The van der Waals surface area contributed by atoms with Crippen LogP contribution in [0.5, 0.6) is 5.75 Å². The molecule has 0 aliphatic heterocycles. The molecule has 0 aliphatic carbocycles. The lowest BCUT2D eigenvalue weighted by atomic mass is 9.88. The topological polar surface area (TPSA) is 101 Å². The van der Waals surface area contributed by atoms with Gasteiger partial charge in [-0.25, -0.2) is 9.37 Å². The van der Waals surface area contributed by atoms with Gasteiger partial charge in [0.15, 0.2) is 16.7 Å². The van der Waals surface area contributed by atoms with Crippen LogP contribution in [0.2, 0.25) is 0 Å². The van der Waals surface area contributed by atoms with Crippen LogP contribution < -0.4 is 15.4 Å². The Morgan fingerprint density at radius 3 is 2.54 bits per heavy atom. The average molecular weight is 532 g/mol. The second kappa shape index (κ2) is 12.2. The molecular weight excluding hydrogens is 500 g/mol. The standard InChI is InChI=1S/C27H31F2N3O4S/c1-5-9-19(31-25(35)23(33)27(2,3)4)24(34)32-26-30-14-21(37-26)17-11-7-6-10-16(17)15-36-20-13-8-12-18(28)22(20)29/h6-8,10-14,19,23,33H,5,9,15H2,1-4H3,(H,31,35)(H,30,32,34)/t19?,23-/m1/s1. The van der Waals surface area contributed by atoms with Gasteiger partial charge in [-0.2, -0.15) is 4.39 Å². The molecule has 1 aromatic heterocycles. The summed E-state index contributed by atoms with van der Waals surface area (Å²) in [4.78, 5) is 30.4. The lowest BCUT2D eigenvalue weighted by Gasteiger charge is -2.26. The van der Waals surface area contributed by atoms with Crippen molar-refractivity contribution in [3.8, 4) is 16.2 Å². The maximum atomic E-state index is 14.0. The number of aliphatic hydroxyl groups is 1. The second-order valence-electron chi connectivity index (χ2n) is 9.64. The molecule has 0 spiro atoms. The Kier molecular flexibility index (Phi) is 9.34. The van der Waals surface area contributed by atoms with Crippen LogP contribution in [0.15, 0.2) is 48.7 Å². The number of hydrogen-bond acceptors (Lipinski definition) is 6. The fourth-order valence-corrected chi connectivity index (χ4v) is 4.37. The zero-order valence-electron chi connectivity index (χ0n) is 21.2. The molecule has 1 unspecified atom stereocenters. The predicted molar refractivity (Wildman–Crippen MR) is 139 cm³/mol. The predicted octanol–water partition coefficient (Wildman–Crippen LogP) is 5.30. The quantitative estimate of drug-likeness (QED) is 0.330. The maximum Gasteiger partial charge on any atom is 0.250 e. The van der Waals surface area contributed by atoms with E-state index in [1.54, 1.807) is 39.1 Å². The number of carbonyl (C=O) groups excluding carboxylic acids is 2. The Bertz CT molecular complexity index is 1240. The summed E-state index contributed by atoms with van der Waals surface area (Å²) >= 11 is 1.23. The number of anilines is 1. The molecule has 0 aliphatic rings. The molecule has 10 heteroatoms. The maximum absolute atomic E-state index is 14.0. The number of rotatable bonds is 10. The number of aliphatic hydroxyl groups excluding tert-OH is 1. The fourth-order valence-electron chi connectivity index (χ4n) is 3.49. The zero-order valence-corrected chi connectivity index (χ0v) is 22.0. The Labute approximate surface area is 218 Å². The van der Waals surface area contributed by atoms with Gasteiger partial charge in [-0.15, -0.1) is 0 Å². The van der Waals surface area contributed by atoms with Crippen molar-refractivity contribution in [2.24, 2.45) is 5.41 Å². The second-order valence-corrected chi connectivity index (χ2v) is 10.7. The highest BCUT2D eigenvalue weighted by molar-refractivity contribution is 7.19. The van der Waals surface area contributed by atoms with Gasteiger partial charge in [0.05, 0.1) is 4.88 Å². The number of hydrogen-bond donors (Lipinski definition) is 3. The van der Waals surface area contributed by atoms with Crippen molar-refractivity contribution < 1.29 is 28.2 Å². The molecular formula is C27H31F2N3O4S. The molecule has 3 rings (SSSR count). The number of thiazole rings is 1. The third-order valence-electron chi connectivity index (χ3n) is 5.60. The van der Waals surface area contributed by atoms with Gasteiger partial charge < -0.3 is 20.5 Å². The highest BCUT2D eigenvalue weighted by Crippen LogP contribution is 2.32. The van der Waals surface area contributed by atoms with Crippen molar-refractivity contribution in [2.45, 2.75) is 59.3 Å². The first-order chi connectivity index (χ1) is 17.5. The number of nitrogens with one attached hydrogen (secondary N) is 2. The Hall–Kier alpha value is -3.37. The van der Waals surface area contributed by atoms with Crippen LogP contribution in [0.25, 0.3) is 10.4 Å². The van der Waals surface area contributed by atoms with Crippen molar-refractivity contribution in [2.75, 3.05) is 5.32 Å². The number of nitrogens with zero attached hydrogens (tertiary/aromatic N) is 1. The van der Waals surface area contributed by atoms with Crippen LogP contribution in [-0.4, -0.2) is 34.1 Å². The van der Waals surface area contributed by atoms with Crippen LogP contribution in [-0.2, 0) is 16.2 Å². The molecule has 0 bridgehead atoms. The molecule has 2 amide bonds. The van der Waals surface area contributed by atoms with E-state index in [2.05, 4.69) is 15.6 Å². The van der Waals surface area contributed by atoms with E-state index in [4.69, 9.17) is 4.74 Å². The molecule has 0 saturated carbocycles. The minimum atomic E-state index is -1.26. The summed E-state index contributed by atoms with van der Waals surface area (Å²) in [6, 6.07) is 10.2. The highest BCUT2D eigenvalue weighted by atomic mass is 32.1. The molecule has 0 saturated heterocycles. The van der Waals surface area contributed by atoms with Crippen molar-refractivity contribution in [1.82, 2.24) is 10.3 Å². The van der Waals surface area contributed by atoms with Gasteiger partial charge in [0.25, 0.3) is 0 Å². The van der Waals surface area contributed by atoms with Gasteiger partial charge in [-0.1, -0.05) is 75.8 Å². The minimum absolute atomic E-state index is 0.00313. The smallest absolute Gasteiger partial charge is 0.250 e. The van der Waals surface area contributed by atoms with Crippen molar-refractivity contribution >= 4 is 28.3 Å². The first kappa shape index (κ1) is 28.2. The van der Waals surface area contributed by atoms with Crippen LogP contribution in [0, 0.1) is 17.0 Å². The summed E-state index contributed by atoms with van der Waals surface area (Å²) in [6.07, 6.45) is 1.37. The number of benzene rings is 2. The molecule has 198 valence electrons. The Balaban J connectivity index is 1.71. The summed E-state index contributed by atoms with van der Waals surface area (Å²) < 4.78 is 33.0. The zero-order chi connectivity index (χ0) is 27.2. The summed E-state index contributed by atoms with van der Waals surface area (Å²) in [7, 11) is 0.